The summed E-state index contributed by atoms with van der Waals surface area (Å²) >= 11 is 0. The van der Waals surface area contributed by atoms with Crippen LogP contribution in [-0.2, 0) is 4.79 Å². The number of aldehydes is 1. The van der Waals surface area contributed by atoms with E-state index in [9.17, 15) is 4.79 Å². The van der Waals surface area contributed by atoms with Crippen molar-refractivity contribution in [2.24, 2.45) is 0 Å². The molecule has 0 aromatic rings. The van der Waals surface area contributed by atoms with Crippen molar-refractivity contribution in [3.05, 3.63) is 0 Å². The van der Waals surface area contributed by atoms with Crippen LogP contribution in [0.5, 0.6) is 0 Å². The van der Waals surface area contributed by atoms with Crippen molar-refractivity contribution in [3.63, 3.8) is 0 Å². The van der Waals surface area contributed by atoms with E-state index in [1.807, 2.05) is 0 Å². The Balaban J connectivity index is -0.00000162. The molecule has 0 aliphatic heterocycles. The molecule has 118 valence electrons. The molecule has 0 rings (SSSR count). The van der Waals surface area contributed by atoms with Crippen LogP contribution < -0.4 is 0 Å². The van der Waals surface area contributed by atoms with Gasteiger partial charge in [0.2, 0.25) is 0 Å². The summed E-state index contributed by atoms with van der Waals surface area (Å²) in [5, 5.41) is 0. The molecule has 0 aromatic carbocycles. The normalized spacial score (nSPS) is 9.76. The van der Waals surface area contributed by atoms with Crippen molar-refractivity contribution >= 4 is 65.4 Å². The summed E-state index contributed by atoms with van der Waals surface area (Å²) < 4.78 is 0. The third kappa shape index (κ3) is 26.9. The number of unbranched alkanes of at least 4 members (excludes halogenated alkanes) is 15. The van der Waals surface area contributed by atoms with Gasteiger partial charge in [-0.1, -0.05) is 96.8 Å². The van der Waals surface area contributed by atoms with Crippen LogP contribution in [0.25, 0.3) is 0 Å². The van der Waals surface area contributed by atoms with Crippen LogP contribution in [0.3, 0.4) is 0 Å². The first-order chi connectivity index (χ1) is 9.41. The molecule has 0 saturated carbocycles. The summed E-state index contributed by atoms with van der Waals surface area (Å²) in [4.78, 5) is 10.1. The summed E-state index contributed by atoms with van der Waals surface area (Å²) in [6.45, 7) is 2.28. The van der Waals surface area contributed by atoms with Gasteiger partial charge in [0, 0.05) is 6.42 Å². The molecule has 0 atom stereocenters. The number of rotatable bonds is 16. The number of carbonyl (C=O) groups is 1. The van der Waals surface area contributed by atoms with Crippen LogP contribution in [0.1, 0.15) is 110 Å². The first-order valence-corrected chi connectivity index (χ1v) is 8.85. The second-order valence-corrected chi connectivity index (χ2v) is 5.91. The Labute approximate surface area is 178 Å². The van der Waals surface area contributed by atoms with E-state index >= 15 is 0 Å². The third-order valence-corrected chi connectivity index (χ3v) is 3.93. The van der Waals surface area contributed by atoms with E-state index in [0.29, 0.717) is 0 Å². The van der Waals surface area contributed by atoms with E-state index in [2.05, 4.69) is 6.92 Å². The quantitative estimate of drug-likeness (QED) is 0.219. The Morgan fingerprint density at radius 3 is 1.10 bits per heavy atom. The van der Waals surface area contributed by atoms with E-state index in [1.165, 1.54) is 89.9 Å². The van der Waals surface area contributed by atoms with Gasteiger partial charge in [-0.25, -0.2) is 0 Å². The van der Waals surface area contributed by atoms with E-state index in [-0.39, 0.29) is 59.1 Å². The average molecular weight is 316 g/mol. The van der Waals surface area contributed by atoms with E-state index in [1.54, 1.807) is 0 Å². The zero-order valence-electron chi connectivity index (χ0n) is 13.3. The van der Waals surface area contributed by atoms with Crippen LogP contribution in [0, 0.1) is 0 Å². The van der Waals surface area contributed by atoms with Gasteiger partial charge in [0.1, 0.15) is 6.29 Å². The molecule has 0 aromatic heterocycles. The summed E-state index contributed by atoms with van der Waals surface area (Å²) in [5.41, 5.74) is 0. The van der Waals surface area contributed by atoms with Crippen LogP contribution in [0.15, 0.2) is 0 Å². The van der Waals surface area contributed by atoms with Crippen LogP contribution >= 0.6 is 0 Å². The van der Waals surface area contributed by atoms with Gasteiger partial charge in [-0.2, -0.15) is 0 Å². The molecule has 0 aliphatic rings. The third-order valence-electron chi connectivity index (χ3n) is 3.93. The summed E-state index contributed by atoms with van der Waals surface area (Å²) in [5.74, 6) is 0. The molecule has 0 bridgehead atoms. The van der Waals surface area contributed by atoms with Gasteiger partial charge in [-0.15, -0.1) is 0 Å². The molecule has 0 fully saturated rings. The van der Waals surface area contributed by atoms with Crippen molar-refractivity contribution in [1.29, 1.82) is 0 Å². The number of carbonyl (C=O) groups excluding carboxylic acids is 1. The van der Waals surface area contributed by atoms with Crippen molar-refractivity contribution in [2.45, 2.75) is 110 Å². The van der Waals surface area contributed by atoms with Gasteiger partial charge in [0.15, 0.2) is 0 Å². The number of hydrogen-bond acceptors (Lipinski definition) is 1. The maximum absolute atomic E-state index is 10.1. The fraction of sp³-hybridized carbons (Fsp3) is 0.944. The Morgan fingerprint density at radius 2 is 0.810 bits per heavy atom. The first kappa shape index (κ1) is 27.5. The predicted octanol–water partition coefficient (Wildman–Crippen LogP) is 5.15. The molecule has 0 spiro atoms. The number of hydrogen-bond donors (Lipinski definition) is 0. The second kappa shape index (κ2) is 26.6. The topological polar surface area (TPSA) is 17.1 Å². The maximum atomic E-state index is 10.1. The van der Waals surface area contributed by atoms with Crippen molar-refractivity contribution < 1.29 is 4.79 Å². The molecule has 0 unspecified atom stereocenters. The van der Waals surface area contributed by atoms with Gasteiger partial charge in [-0.3, -0.25) is 0 Å². The summed E-state index contributed by atoms with van der Waals surface area (Å²) in [7, 11) is 0. The molecule has 21 heavy (non-hydrogen) atoms. The molecular formula is C18H38Na2O. The van der Waals surface area contributed by atoms with E-state index in [0.717, 1.165) is 19.1 Å². The fourth-order valence-corrected chi connectivity index (χ4v) is 2.60. The molecule has 1 nitrogen and oxygen atoms in total. The minimum atomic E-state index is 0. The van der Waals surface area contributed by atoms with Gasteiger partial charge >= 0.3 is 59.1 Å². The molecule has 0 aliphatic carbocycles. The van der Waals surface area contributed by atoms with Gasteiger partial charge < -0.3 is 4.79 Å². The van der Waals surface area contributed by atoms with Crippen molar-refractivity contribution in [3.8, 4) is 0 Å². The molecular weight excluding hydrogens is 278 g/mol. The van der Waals surface area contributed by atoms with Gasteiger partial charge in [0.25, 0.3) is 0 Å². The van der Waals surface area contributed by atoms with Gasteiger partial charge in [-0.05, 0) is 6.42 Å². The van der Waals surface area contributed by atoms with Crippen LogP contribution in [0.4, 0.5) is 0 Å². The Morgan fingerprint density at radius 1 is 0.524 bits per heavy atom. The molecule has 0 N–H and O–H groups in total. The van der Waals surface area contributed by atoms with E-state index < -0.39 is 0 Å². The predicted molar refractivity (Wildman–Crippen MR) is 99.9 cm³/mol. The zero-order chi connectivity index (χ0) is 14.0. The minimum absolute atomic E-state index is 0. The molecule has 0 amide bonds. The molecule has 0 heterocycles. The Bertz CT molecular complexity index is 175. The first-order valence-electron chi connectivity index (χ1n) is 8.85. The second-order valence-electron chi connectivity index (χ2n) is 5.91. The monoisotopic (exact) mass is 316 g/mol. The molecule has 3 heteroatoms. The SMILES string of the molecule is CCCCCCCCCCCCCCCCCC=O.[NaH].[NaH]. The Hall–Kier alpha value is 1.67. The fourth-order valence-electron chi connectivity index (χ4n) is 2.60. The van der Waals surface area contributed by atoms with Crippen molar-refractivity contribution in [2.75, 3.05) is 0 Å². The van der Waals surface area contributed by atoms with Crippen molar-refractivity contribution in [1.82, 2.24) is 0 Å². The molecule has 0 radical (unpaired) electrons. The Kier molecular flexibility index (Phi) is 34.8. The average Bonchev–Trinajstić information content (AvgIpc) is 2.43. The summed E-state index contributed by atoms with van der Waals surface area (Å²) in [6, 6.07) is 0. The molecule has 0 saturated heterocycles. The standard InChI is InChI=1S/C18H36O.2Na.2H/c1-2-3-4-5-6-7-8-9-10-11-12-13-14-15-16-17-18-19;;;;/h18H,2-17H2,1H3;;;;. The summed E-state index contributed by atoms with van der Waals surface area (Å²) in [6.07, 6.45) is 22.6. The van der Waals surface area contributed by atoms with Gasteiger partial charge in [0.05, 0.1) is 0 Å². The van der Waals surface area contributed by atoms with Crippen LogP contribution in [0.2, 0.25) is 0 Å². The zero-order valence-corrected chi connectivity index (χ0v) is 13.3. The van der Waals surface area contributed by atoms with Crippen LogP contribution in [-0.4, -0.2) is 65.4 Å². The van der Waals surface area contributed by atoms with E-state index in [4.69, 9.17) is 0 Å².